The van der Waals surface area contributed by atoms with E-state index in [0.717, 1.165) is 0 Å². The number of nitrogen functional groups attached to an aromatic ring is 1. The van der Waals surface area contributed by atoms with Crippen LogP contribution in [0.3, 0.4) is 0 Å². The summed E-state index contributed by atoms with van der Waals surface area (Å²) in [4.78, 5) is 22.4. The Morgan fingerprint density at radius 1 is 1.13 bits per heavy atom. The molecule has 1 aliphatic heterocycles. The van der Waals surface area contributed by atoms with Gasteiger partial charge in [0.1, 0.15) is 16.9 Å². The minimum Gasteiger partial charge on any atom is -0.462 e. The zero-order chi connectivity index (χ0) is 20.8. The Balaban J connectivity index is 1.76. The molecule has 0 saturated carbocycles. The van der Waals surface area contributed by atoms with Crippen LogP contribution >= 0.6 is 0 Å². The first kappa shape index (κ1) is 18.2. The van der Waals surface area contributed by atoms with Crippen LogP contribution in [0.5, 0.6) is 11.5 Å². The van der Waals surface area contributed by atoms with Crippen LogP contribution in [0.25, 0.3) is 27.9 Å². The van der Waals surface area contributed by atoms with E-state index >= 15 is 0 Å². The molecule has 0 aliphatic carbocycles. The topological polar surface area (TPSA) is 101 Å². The number of anilines is 1. The van der Waals surface area contributed by atoms with Gasteiger partial charge >= 0.3 is 5.97 Å². The summed E-state index contributed by atoms with van der Waals surface area (Å²) in [6.45, 7) is 4.40. The number of carbonyl (C=O) groups excluding carboxylic acids is 1. The van der Waals surface area contributed by atoms with Gasteiger partial charge in [0, 0.05) is 6.07 Å². The van der Waals surface area contributed by atoms with E-state index in [2.05, 4.69) is 4.98 Å². The number of hydrogen-bond acceptors (Lipinski definition) is 7. The summed E-state index contributed by atoms with van der Waals surface area (Å²) in [7, 11) is 0. The summed E-state index contributed by atoms with van der Waals surface area (Å²) < 4.78 is 18.1. The molecule has 2 N–H and O–H groups in total. The van der Waals surface area contributed by atoms with Gasteiger partial charge in [-0.15, -0.1) is 0 Å². The summed E-state index contributed by atoms with van der Waals surface area (Å²) in [6.07, 6.45) is 0. The number of benzene rings is 2. The zero-order valence-corrected chi connectivity index (χ0v) is 16.6. The van der Waals surface area contributed by atoms with Gasteiger partial charge in [-0.2, -0.15) is 0 Å². The van der Waals surface area contributed by atoms with Crippen LogP contribution in [0.15, 0.2) is 42.5 Å². The van der Waals surface area contributed by atoms with E-state index in [4.69, 9.17) is 24.9 Å². The lowest BCUT2D eigenvalue weighted by Crippen LogP contribution is -2.12. The van der Waals surface area contributed by atoms with Gasteiger partial charge in [-0.25, -0.2) is 14.8 Å². The average molecular weight is 404 g/mol. The van der Waals surface area contributed by atoms with Gasteiger partial charge in [0.05, 0.1) is 23.3 Å². The van der Waals surface area contributed by atoms with Crippen LogP contribution in [0.1, 0.15) is 24.2 Å². The maximum absolute atomic E-state index is 12.9. The van der Waals surface area contributed by atoms with Gasteiger partial charge < -0.3 is 19.9 Å². The highest BCUT2D eigenvalue weighted by Crippen LogP contribution is 2.37. The lowest BCUT2D eigenvalue weighted by Gasteiger charge is -2.09. The molecule has 0 unspecified atom stereocenters. The van der Waals surface area contributed by atoms with Crippen LogP contribution in [-0.4, -0.2) is 33.9 Å². The standard InChI is InChI=1S/C22H20N4O4/c1-12(2)10-28-22(27)18-19-21(25-15-6-4-3-5-14(15)24-19)26(20(18)23)13-7-8-16-17(9-13)30-11-29-16/h3-9,12H,10-11,23H2,1-2H3. The molecule has 2 aromatic heterocycles. The van der Waals surface area contributed by atoms with Crippen molar-refractivity contribution in [1.29, 1.82) is 0 Å². The van der Waals surface area contributed by atoms with Crippen LogP contribution < -0.4 is 15.2 Å². The highest BCUT2D eigenvalue weighted by molar-refractivity contribution is 6.09. The quantitative estimate of drug-likeness (QED) is 0.518. The molecule has 0 saturated heterocycles. The normalized spacial score (nSPS) is 12.8. The van der Waals surface area contributed by atoms with Crippen molar-refractivity contribution >= 4 is 34.0 Å². The fourth-order valence-corrected chi connectivity index (χ4v) is 3.46. The average Bonchev–Trinajstić information content (AvgIpc) is 3.31. The number of fused-ring (bicyclic) bond motifs is 3. The largest absolute Gasteiger partial charge is 0.462 e. The predicted octanol–water partition coefficient (Wildman–Crippen LogP) is 3.70. The predicted molar refractivity (Wildman–Crippen MR) is 112 cm³/mol. The Labute approximate surface area is 172 Å². The van der Waals surface area contributed by atoms with E-state index < -0.39 is 5.97 Å². The number of esters is 1. The number of rotatable bonds is 4. The molecule has 3 heterocycles. The minimum absolute atomic E-state index is 0.165. The Hall–Kier alpha value is -3.81. The molecule has 0 amide bonds. The lowest BCUT2D eigenvalue weighted by atomic mass is 10.2. The summed E-state index contributed by atoms with van der Waals surface area (Å²) in [6, 6.07) is 12.9. The summed E-state index contributed by atoms with van der Waals surface area (Å²) in [5.74, 6) is 1.15. The first-order valence-electron chi connectivity index (χ1n) is 9.66. The molecule has 2 aromatic carbocycles. The molecule has 152 valence electrons. The van der Waals surface area contributed by atoms with Crippen LogP contribution in [0, 0.1) is 5.92 Å². The van der Waals surface area contributed by atoms with Gasteiger partial charge in [0.25, 0.3) is 0 Å². The van der Waals surface area contributed by atoms with E-state index in [1.165, 1.54) is 0 Å². The van der Waals surface area contributed by atoms with Crippen molar-refractivity contribution in [2.75, 3.05) is 19.1 Å². The molecule has 1 aliphatic rings. The molecule has 0 fully saturated rings. The first-order valence-corrected chi connectivity index (χ1v) is 9.66. The fraction of sp³-hybridized carbons (Fsp3) is 0.227. The Morgan fingerprint density at radius 2 is 1.87 bits per heavy atom. The van der Waals surface area contributed by atoms with Crippen molar-refractivity contribution in [3.05, 3.63) is 48.0 Å². The summed E-state index contributed by atoms with van der Waals surface area (Å²) in [5, 5.41) is 0. The Kier molecular flexibility index (Phi) is 4.20. The van der Waals surface area contributed by atoms with Gasteiger partial charge in [-0.05, 0) is 30.2 Å². The van der Waals surface area contributed by atoms with Crippen LogP contribution in [0.4, 0.5) is 5.82 Å². The number of hydrogen-bond donors (Lipinski definition) is 1. The smallest absolute Gasteiger partial charge is 0.344 e. The van der Waals surface area contributed by atoms with Crippen molar-refractivity contribution in [3.63, 3.8) is 0 Å². The third-order valence-corrected chi connectivity index (χ3v) is 4.86. The molecule has 5 rings (SSSR count). The fourth-order valence-electron chi connectivity index (χ4n) is 3.46. The number of nitrogens with zero attached hydrogens (tertiary/aromatic N) is 3. The van der Waals surface area contributed by atoms with Gasteiger partial charge in [-0.3, -0.25) is 4.57 Å². The zero-order valence-electron chi connectivity index (χ0n) is 16.6. The van der Waals surface area contributed by atoms with Gasteiger partial charge in [0.2, 0.25) is 6.79 Å². The van der Waals surface area contributed by atoms with E-state index in [0.29, 0.717) is 39.4 Å². The second-order valence-electron chi connectivity index (χ2n) is 7.51. The molecular weight excluding hydrogens is 384 g/mol. The minimum atomic E-state index is -0.518. The third-order valence-electron chi connectivity index (χ3n) is 4.86. The summed E-state index contributed by atoms with van der Waals surface area (Å²) >= 11 is 0. The van der Waals surface area contributed by atoms with Gasteiger partial charge in [0.15, 0.2) is 17.1 Å². The molecule has 0 spiro atoms. The molecular formula is C22H20N4O4. The Bertz CT molecular complexity index is 1300. The SMILES string of the molecule is CC(C)COC(=O)c1c(N)n(-c2ccc3c(c2)OCO3)c2nc3ccccc3nc12. The van der Waals surface area contributed by atoms with Crippen molar-refractivity contribution in [1.82, 2.24) is 14.5 Å². The molecule has 30 heavy (non-hydrogen) atoms. The van der Waals surface area contributed by atoms with E-state index in [-0.39, 0.29) is 30.7 Å². The molecule has 8 heteroatoms. The summed E-state index contributed by atoms with van der Waals surface area (Å²) in [5.41, 5.74) is 9.62. The highest BCUT2D eigenvalue weighted by Gasteiger charge is 2.27. The van der Waals surface area contributed by atoms with Crippen LogP contribution in [-0.2, 0) is 4.74 Å². The molecule has 0 radical (unpaired) electrons. The van der Waals surface area contributed by atoms with Crippen LogP contribution in [0.2, 0.25) is 0 Å². The lowest BCUT2D eigenvalue weighted by molar-refractivity contribution is 0.0462. The van der Waals surface area contributed by atoms with E-state index in [1.807, 2.05) is 44.2 Å². The molecule has 4 aromatic rings. The molecule has 8 nitrogen and oxygen atoms in total. The number of nitrogens with two attached hydrogens (primary N) is 1. The number of carbonyl (C=O) groups is 1. The number of ether oxygens (including phenoxy) is 3. The van der Waals surface area contributed by atoms with E-state index in [9.17, 15) is 4.79 Å². The second kappa shape index (κ2) is 6.91. The Morgan fingerprint density at radius 3 is 2.63 bits per heavy atom. The van der Waals surface area contributed by atoms with Crippen molar-refractivity contribution < 1.29 is 19.0 Å². The van der Waals surface area contributed by atoms with E-state index in [1.54, 1.807) is 16.7 Å². The maximum atomic E-state index is 12.9. The van der Waals surface area contributed by atoms with Crippen molar-refractivity contribution in [2.24, 2.45) is 5.92 Å². The maximum Gasteiger partial charge on any atom is 0.344 e. The number of para-hydroxylation sites is 2. The molecule has 0 atom stereocenters. The number of aromatic nitrogens is 3. The highest BCUT2D eigenvalue weighted by atomic mass is 16.7. The molecule has 0 bridgehead atoms. The third kappa shape index (κ3) is 2.88. The second-order valence-corrected chi connectivity index (χ2v) is 7.51. The van der Waals surface area contributed by atoms with Crippen molar-refractivity contribution in [2.45, 2.75) is 13.8 Å². The van der Waals surface area contributed by atoms with Gasteiger partial charge in [-0.1, -0.05) is 26.0 Å². The monoisotopic (exact) mass is 404 g/mol. The van der Waals surface area contributed by atoms with Crippen molar-refractivity contribution in [3.8, 4) is 17.2 Å². The first-order chi connectivity index (χ1) is 14.5.